The van der Waals surface area contributed by atoms with Gasteiger partial charge in [0, 0.05) is 38.9 Å². The maximum absolute atomic E-state index is 12.7. The van der Waals surface area contributed by atoms with Crippen molar-refractivity contribution in [1.29, 1.82) is 0 Å². The van der Waals surface area contributed by atoms with E-state index < -0.39 is 9.84 Å². The summed E-state index contributed by atoms with van der Waals surface area (Å²) in [7, 11) is -1.51. The molecule has 134 valence electrons. The molecule has 1 aromatic heterocycles. The third-order valence-corrected chi connectivity index (χ3v) is 6.39. The van der Waals surface area contributed by atoms with Crippen molar-refractivity contribution in [3.63, 3.8) is 0 Å². The highest BCUT2D eigenvalue weighted by Crippen LogP contribution is 2.27. The van der Waals surface area contributed by atoms with Gasteiger partial charge >= 0.3 is 0 Å². The van der Waals surface area contributed by atoms with E-state index in [0.29, 0.717) is 32.0 Å². The minimum absolute atomic E-state index is 0.0301. The van der Waals surface area contributed by atoms with Crippen LogP contribution in [0.1, 0.15) is 11.5 Å². The van der Waals surface area contributed by atoms with Gasteiger partial charge in [0.15, 0.2) is 9.84 Å². The molecule has 2 fully saturated rings. The average molecular weight is 357 g/mol. The van der Waals surface area contributed by atoms with Crippen LogP contribution in [0.2, 0.25) is 0 Å². The summed E-state index contributed by atoms with van der Waals surface area (Å²) in [5.74, 6) is 0.538. The maximum Gasteiger partial charge on any atom is 0.230 e. The molecule has 1 amide bonds. The van der Waals surface area contributed by atoms with Gasteiger partial charge in [-0.3, -0.25) is 9.69 Å². The van der Waals surface area contributed by atoms with Gasteiger partial charge in [0.1, 0.15) is 5.76 Å². The summed E-state index contributed by atoms with van der Waals surface area (Å²) in [6.07, 6.45) is 0.113. The van der Waals surface area contributed by atoms with Crippen LogP contribution in [0.5, 0.6) is 0 Å². The molecule has 1 aromatic rings. The molecule has 0 aliphatic carbocycles. The lowest BCUT2D eigenvalue weighted by Gasteiger charge is -2.43. The number of carbonyl (C=O) groups excluding carboxylic acids is 1. The van der Waals surface area contributed by atoms with Gasteiger partial charge in [-0.15, -0.1) is 0 Å². The van der Waals surface area contributed by atoms with E-state index in [9.17, 15) is 13.2 Å². The molecule has 0 bridgehead atoms. The summed E-state index contributed by atoms with van der Waals surface area (Å²) in [6.45, 7) is 4.20. The minimum Gasteiger partial charge on any atom is -0.383 e. The molecule has 9 heteroatoms. The third kappa shape index (κ3) is 3.62. The first-order valence-corrected chi connectivity index (χ1v) is 9.87. The molecule has 0 saturated carbocycles. The van der Waals surface area contributed by atoms with E-state index in [-0.39, 0.29) is 35.9 Å². The number of aromatic nitrogens is 1. The number of hydrogen-bond donors (Lipinski definition) is 0. The van der Waals surface area contributed by atoms with E-state index in [4.69, 9.17) is 9.26 Å². The molecule has 3 rings (SSSR count). The molecule has 0 aromatic carbocycles. The summed E-state index contributed by atoms with van der Waals surface area (Å²) in [5, 5.41) is 3.79. The summed E-state index contributed by atoms with van der Waals surface area (Å²) in [5.41, 5.74) is 0.725. The molecule has 2 atom stereocenters. The van der Waals surface area contributed by atoms with Crippen molar-refractivity contribution in [3.05, 3.63) is 17.5 Å². The van der Waals surface area contributed by atoms with E-state index in [1.807, 2.05) is 0 Å². The number of fused-ring (bicyclic) bond motifs is 1. The first kappa shape index (κ1) is 17.4. The Labute approximate surface area is 141 Å². The third-order valence-electron chi connectivity index (χ3n) is 4.70. The number of nitrogens with zero attached hydrogens (tertiary/aromatic N) is 3. The molecular formula is C15H23N3O5S. The quantitative estimate of drug-likeness (QED) is 0.700. The van der Waals surface area contributed by atoms with Crippen LogP contribution in [0.25, 0.3) is 0 Å². The van der Waals surface area contributed by atoms with Crippen molar-refractivity contribution in [1.82, 2.24) is 15.0 Å². The molecule has 8 nitrogen and oxygen atoms in total. The van der Waals surface area contributed by atoms with Crippen molar-refractivity contribution < 1.29 is 22.5 Å². The predicted octanol–water partition coefficient (Wildman–Crippen LogP) is -0.518. The first-order valence-electron chi connectivity index (χ1n) is 8.05. The largest absolute Gasteiger partial charge is 0.383 e. The lowest BCUT2D eigenvalue weighted by molar-refractivity contribution is -0.136. The highest BCUT2D eigenvalue weighted by molar-refractivity contribution is 7.91. The van der Waals surface area contributed by atoms with E-state index in [1.165, 1.54) is 0 Å². The Bertz CT molecular complexity index is 702. The Morgan fingerprint density at radius 3 is 2.79 bits per heavy atom. The van der Waals surface area contributed by atoms with Gasteiger partial charge in [-0.1, -0.05) is 5.16 Å². The van der Waals surface area contributed by atoms with Crippen LogP contribution in [0.15, 0.2) is 10.6 Å². The SMILES string of the molecule is COCCN1CCN(C(=O)Cc2cc(C)no2)[C@H]2CS(=O)(=O)C[C@H]21. The second-order valence-electron chi connectivity index (χ2n) is 6.44. The van der Waals surface area contributed by atoms with Gasteiger partial charge < -0.3 is 14.2 Å². The molecule has 24 heavy (non-hydrogen) atoms. The first-order chi connectivity index (χ1) is 11.4. The van der Waals surface area contributed by atoms with Gasteiger partial charge in [-0.2, -0.15) is 0 Å². The average Bonchev–Trinajstić information content (AvgIpc) is 3.06. The van der Waals surface area contributed by atoms with Gasteiger partial charge in [0.05, 0.1) is 36.3 Å². The number of carbonyl (C=O) groups is 1. The smallest absolute Gasteiger partial charge is 0.230 e. The minimum atomic E-state index is -3.13. The zero-order valence-electron chi connectivity index (χ0n) is 14.0. The van der Waals surface area contributed by atoms with Crippen molar-refractivity contribution >= 4 is 15.7 Å². The van der Waals surface area contributed by atoms with Crippen molar-refractivity contribution in [2.24, 2.45) is 0 Å². The molecule has 2 aliphatic rings. The Balaban J connectivity index is 1.73. The van der Waals surface area contributed by atoms with Crippen molar-refractivity contribution in [2.75, 3.05) is 44.9 Å². The zero-order chi connectivity index (χ0) is 17.3. The zero-order valence-corrected chi connectivity index (χ0v) is 14.8. The lowest BCUT2D eigenvalue weighted by atomic mass is 10.0. The fourth-order valence-corrected chi connectivity index (χ4v) is 5.58. The molecule has 3 heterocycles. The van der Waals surface area contributed by atoms with Crippen LogP contribution in [0.3, 0.4) is 0 Å². The number of ether oxygens (including phenoxy) is 1. The molecule has 0 radical (unpaired) electrons. The lowest BCUT2D eigenvalue weighted by Crippen LogP contribution is -2.61. The van der Waals surface area contributed by atoms with E-state index in [2.05, 4.69) is 10.1 Å². The van der Waals surface area contributed by atoms with E-state index >= 15 is 0 Å². The van der Waals surface area contributed by atoms with E-state index in [1.54, 1.807) is 25.0 Å². The van der Waals surface area contributed by atoms with Crippen LogP contribution in [0, 0.1) is 6.92 Å². The Morgan fingerprint density at radius 1 is 1.38 bits per heavy atom. The number of rotatable bonds is 5. The summed E-state index contributed by atoms with van der Waals surface area (Å²) < 4.78 is 34.5. The van der Waals surface area contributed by atoms with Crippen molar-refractivity contribution in [2.45, 2.75) is 25.4 Å². The van der Waals surface area contributed by atoms with Gasteiger partial charge in [0.2, 0.25) is 5.91 Å². The second kappa shape index (κ2) is 6.81. The summed E-state index contributed by atoms with van der Waals surface area (Å²) >= 11 is 0. The number of amides is 1. The van der Waals surface area contributed by atoms with Crippen molar-refractivity contribution in [3.8, 4) is 0 Å². The van der Waals surface area contributed by atoms with Gasteiger partial charge in [-0.25, -0.2) is 8.42 Å². The Hall–Kier alpha value is -1.45. The highest BCUT2D eigenvalue weighted by Gasteiger charge is 2.47. The molecule has 2 aliphatic heterocycles. The molecule has 0 spiro atoms. The van der Waals surface area contributed by atoms with Crippen LogP contribution >= 0.6 is 0 Å². The number of aryl methyl sites for hydroxylation is 1. The second-order valence-corrected chi connectivity index (χ2v) is 8.59. The van der Waals surface area contributed by atoms with Gasteiger partial charge in [0.25, 0.3) is 0 Å². The Kier molecular flexibility index (Phi) is 4.93. The van der Waals surface area contributed by atoms with Crippen LogP contribution in [0.4, 0.5) is 0 Å². The topological polar surface area (TPSA) is 92.9 Å². The fraction of sp³-hybridized carbons (Fsp3) is 0.733. The number of sulfone groups is 1. The Morgan fingerprint density at radius 2 is 2.12 bits per heavy atom. The van der Waals surface area contributed by atoms with E-state index in [0.717, 1.165) is 5.69 Å². The molecular weight excluding hydrogens is 334 g/mol. The monoisotopic (exact) mass is 357 g/mol. The summed E-state index contributed by atoms with van der Waals surface area (Å²) in [6, 6.07) is 1.28. The fourth-order valence-electron chi connectivity index (χ4n) is 3.57. The number of piperazine rings is 1. The molecule has 0 N–H and O–H groups in total. The van der Waals surface area contributed by atoms with Crippen LogP contribution in [-0.4, -0.2) is 86.2 Å². The highest BCUT2D eigenvalue weighted by atomic mass is 32.2. The van der Waals surface area contributed by atoms with Crippen LogP contribution in [-0.2, 0) is 25.8 Å². The number of methoxy groups -OCH3 is 1. The number of hydrogen-bond acceptors (Lipinski definition) is 7. The predicted molar refractivity (Wildman–Crippen MR) is 86.3 cm³/mol. The normalized spacial score (nSPS) is 26.5. The molecule has 2 saturated heterocycles. The summed E-state index contributed by atoms with van der Waals surface area (Å²) in [4.78, 5) is 16.5. The van der Waals surface area contributed by atoms with Gasteiger partial charge in [-0.05, 0) is 6.92 Å². The molecule has 0 unspecified atom stereocenters. The maximum atomic E-state index is 12.7. The van der Waals surface area contributed by atoms with Crippen LogP contribution < -0.4 is 0 Å². The standard InChI is InChI=1S/C15H23N3O5S/c1-11-7-12(23-16-11)8-15(19)18-4-3-17(5-6-22-2)13-9-24(20,21)10-14(13)18/h7,13-14H,3-6,8-10H2,1-2H3/t13-,14+/m1/s1.